The Balaban J connectivity index is 2.69. The number of rotatable bonds is 0. The van der Waals surface area contributed by atoms with E-state index in [-0.39, 0.29) is 0 Å². The molecule has 1 aliphatic rings. The highest BCUT2D eigenvalue weighted by Crippen LogP contribution is 2.21. The first kappa shape index (κ1) is 7.89. The fourth-order valence-electron chi connectivity index (χ4n) is 0.558. The lowest BCUT2D eigenvalue weighted by atomic mass is 9.78. The van der Waals surface area contributed by atoms with Gasteiger partial charge in [0, 0.05) is 12.4 Å². The van der Waals surface area contributed by atoms with Gasteiger partial charge in [-0.3, -0.25) is 3.93 Å². The van der Waals surface area contributed by atoms with Crippen molar-refractivity contribution >= 4 is 55.3 Å². The van der Waals surface area contributed by atoms with Gasteiger partial charge < -0.3 is 0 Å². The zero-order valence-corrected chi connectivity index (χ0v) is 9.20. The fourth-order valence-corrected chi connectivity index (χ4v) is 3.02. The highest BCUT2D eigenvalue weighted by atomic mass is 79.9. The van der Waals surface area contributed by atoms with Gasteiger partial charge in [0.15, 0.2) is 0 Å². The second-order valence-corrected chi connectivity index (χ2v) is 4.53. The summed E-state index contributed by atoms with van der Waals surface area (Å²) in [5.41, 5.74) is 0. The molecule has 0 radical (unpaired) electrons. The van der Waals surface area contributed by atoms with Gasteiger partial charge in [-0.2, -0.15) is 0 Å². The quantitative estimate of drug-likeness (QED) is 0.490. The van der Waals surface area contributed by atoms with Crippen LogP contribution in [0.25, 0.3) is 0 Å². The van der Waals surface area contributed by atoms with Crippen LogP contribution in [-0.4, -0.2) is 11.2 Å². The van der Waals surface area contributed by atoms with E-state index < -0.39 is 0 Å². The number of hydrogen-bond donors (Lipinski definition) is 0. The van der Waals surface area contributed by atoms with Crippen LogP contribution in [0.2, 0.25) is 0 Å². The second-order valence-electron chi connectivity index (χ2n) is 1.67. The largest absolute Gasteiger partial charge is 0.292 e. The topological polar surface area (TPSA) is 3.24 Å². The normalized spacial score (nSPS) is 18.3. The smallest absolute Gasteiger partial charge is 0.214 e. The van der Waals surface area contributed by atoms with Gasteiger partial charge in [0.05, 0.1) is 16.1 Å². The summed E-state index contributed by atoms with van der Waals surface area (Å²) in [5.74, 6) is 0. The molecule has 0 N–H and O–H groups in total. The summed E-state index contributed by atoms with van der Waals surface area (Å²) in [6, 6.07) is 0. The van der Waals surface area contributed by atoms with Gasteiger partial charge in [-0.1, -0.05) is 31.9 Å². The highest BCUT2D eigenvalue weighted by molar-refractivity contribution is 9.13. The maximum atomic E-state index is 3.39. The van der Waals surface area contributed by atoms with E-state index in [1.165, 1.54) is 0 Å². The molecule has 0 bridgehead atoms. The molecule has 1 heterocycles. The Morgan fingerprint density at radius 1 is 1.22 bits per heavy atom. The summed E-state index contributed by atoms with van der Waals surface area (Å²) in [5, 5.41) is 0. The summed E-state index contributed by atoms with van der Waals surface area (Å²) >= 11 is 10.1. The van der Waals surface area contributed by atoms with Gasteiger partial charge >= 0.3 is 0 Å². The summed E-state index contributed by atoms with van der Waals surface area (Å²) in [4.78, 5) is 0. The molecule has 0 saturated heterocycles. The molecular formula is C4H3BBr3N. The third-order valence-corrected chi connectivity index (χ3v) is 2.24. The van der Waals surface area contributed by atoms with Crippen molar-refractivity contribution in [2.75, 3.05) is 0 Å². The molecule has 1 rings (SSSR count). The third-order valence-electron chi connectivity index (χ3n) is 0.865. The first-order valence-corrected chi connectivity index (χ1v) is 4.64. The first-order valence-electron chi connectivity index (χ1n) is 2.35. The molecule has 48 valence electrons. The lowest BCUT2D eigenvalue weighted by Crippen LogP contribution is -2.05. The van der Waals surface area contributed by atoms with Gasteiger partial charge in [-0.15, -0.1) is 0 Å². The maximum absolute atomic E-state index is 3.39. The number of halogens is 3. The summed E-state index contributed by atoms with van der Waals surface area (Å²) in [6.07, 6.45) is 3.93. The van der Waals surface area contributed by atoms with Crippen LogP contribution in [0.5, 0.6) is 0 Å². The molecule has 0 atom stereocenters. The monoisotopic (exact) mass is 313 g/mol. The third kappa shape index (κ3) is 2.47. The Hall–Kier alpha value is 0.785. The number of hydrogen-bond acceptors (Lipinski definition) is 1. The van der Waals surface area contributed by atoms with Crippen LogP contribution < -0.4 is 0 Å². The summed E-state index contributed by atoms with van der Waals surface area (Å²) < 4.78 is 4.15. The Morgan fingerprint density at radius 3 is 2.00 bits per heavy atom. The zero-order valence-electron chi connectivity index (χ0n) is 4.44. The Morgan fingerprint density at radius 2 is 1.67 bits per heavy atom. The van der Waals surface area contributed by atoms with Crippen LogP contribution in [0, 0.1) is 0 Å². The minimum absolute atomic E-state index is 0.947. The van der Waals surface area contributed by atoms with E-state index in [9.17, 15) is 0 Å². The van der Waals surface area contributed by atoms with E-state index in [4.69, 9.17) is 0 Å². The van der Waals surface area contributed by atoms with E-state index in [0.717, 1.165) is 16.0 Å². The molecule has 1 nitrogen and oxygen atoms in total. The van der Waals surface area contributed by atoms with Crippen LogP contribution >= 0.6 is 48.0 Å². The van der Waals surface area contributed by atoms with E-state index >= 15 is 0 Å². The molecule has 0 spiro atoms. The van der Waals surface area contributed by atoms with E-state index in [2.05, 4.69) is 48.0 Å². The van der Waals surface area contributed by atoms with E-state index in [1.54, 1.807) is 0 Å². The molecule has 0 aromatic rings. The van der Waals surface area contributed by atoms with Crippen molar-refractivity contribution < 1.29 is 0 Å². The Bertz CT molecular complexity index is 159. The average Bonchev–Trinajstić information content (AvgIpc) is 1.59. The van der Waals surface area contributed by atoms with Crippen LogP contribution in [-0.2, 0) is 0 Å². The highest BCUT2D eigenvalue weighted by Gasteiger charge is 2.06. The summed E-state index contributed by atoms with van der Waals surface area (Å²) in [7, 11) is 0.947. The van der Waals surface area contributed by atoms with Crippen molar-refractivity contribution in [2.45, 2.75) is 0 Å². The van der Waals surface area contributed by atoms with Gasteiger partial charge in [-0.25, -0.2) is 0 Å². The standard InChI is InChI=1S/C4H3BBr3N/c6-3-1-9(8)2-4(7)5-3/h1-2,5H. The predicted molar refractivity (Wildman–Crippen MR) is 51.9 cm³/mol. The minimum atomic E-state index is 0.947. The van der Waals surface area contributed by atoms with Crippen molar-refractivity contribution in [1.29, 1.82) is 0 Å². The van der Waals surface area contributed by atoms with Crippen molar-refractivity contribution in [3.05, 3.63) is 21.2 Å². The van der Waals surface area contributed by atoms with E-state index in [1.807, 2.05) is 16.3 Å². The molecule has 0 amide bonds. The maximum Gasteiger partial charge on any atom is 0.214 e. The minimum Gasteiger partial charge on any atom is -0.292 e. The van der Waals surface area contributed by atoms with Crippen LogP contribution in [0.3, 0.4) is 0 Å². The number of nitrogens with zero attached hydrogens (tertiary/aromatic N) is 1. The lowest BCUT2D eigenvalue weighted by molar-refractivity contribution is 0.880. The Labute approximate surface area is 80.0 Å². The lowest BCUT2D eigenvalue weighted by Gasteiger charge is -2.11. The molecule has 1 aliphatic heterocycles. The van der Waals surface area contributed by atoms with Gasteiger partial charge in [-0.05, 0) is 8.76 Å². The van der Waals surface area contributed by atoms with Crippen molar-refractivity contribution in [1.82, 2.24) is 3.93 Å². The van der Waals surface area contributed by atoms with Crippen molar-refractivity contribution in [3.8, 4) is 0 Å². The van der Waals surface area contributed by atoms with Crippen LogP contribution in [0.15, 0.2) is 21.2 Å². The molecule has 0 aliphatic carbocycles. The molecule has 0 unspecified atom stereocenters. The molecule has 5 heteroatoms. The van der Waals surface area contributed by atoms with Crippen LogP contribution in [0.1, 0.15) is 0 Å². The fraction of sp³-hybridized carbons (Fsp3) is 0. The van der Waals surface area contributed by atoms with Crippen LogP contribution in [0.4, 0.5) is 0 Å². The van der Waals surface area contributed by atoms with Crippen molar-refractivity contribution in [3.63, 3.8) is 0 Å². The van der Waals surface area contributed by atoms with Crippen molar-refractivity contribution in [2.24, 2.45) is 0 Å². The average molecular weight is 316 g/mol. The zero-order chi connectivity index (χ0) is 6.85. The predicted octanol–water partition coefficient (Wildman–Crippen LogP) is 2.44. The van der Waals surface area contributed by atoms with E-state index in [0.29, 0.717) is 0 Å². The summed E-state index contributed by atoms with van der Waals surface area (Å²) in [6.45, 7) is 0. The molecular weight excluding hydrogens is 313 g/mol. The molecule has 0 saturated carbocycles. The first-order chi connectivity index (χ1) is 4.18. The molecule has 0 aromatic heterocycles. The SMILES string of the molecule is BrC1=CN(Br)C=C(Br)B1. The van der Waals surface area contributed by atoms with Gasteiger partial charge in [0.1, 0.15) is 0 Å². The molecule has 0 aromatic carbocycles. The Kier molecular flexibility index (Phi) is 2.85. The molecule has 9 heavy (non-hydrogen) atoms. The van der Waals surface area contributed by atoms with Gasteiger partial charge in [0.2, 0.25) is 7.28 Å². The molecule has 0 fully saturated rings. The second kappa shape index (κ2) is 3.26. The van der Waals surface area contributed by atoms with Gasteiger partial charge in [0.25, 0.3) is 0 Å².